The fraction of sp³-hybridized carbons (Fsp3) is 0.179. The molecule has 4 aromatic rings. The van der Waals surface area contributed by atoms with Gasteiger partial charge in [-0.25, -0.2) is 0 Å². The maximum Gasteiger partial charge on any atom is 0.299 e. The van der Waals surface area contributed by atoms with E-state index in [1.54, 1.807) is 48.5 Å². The minimum atomic E-state index is -0.425. The molecule has 0 aliphatic heterocycles. The summed E-state index contributed by atoms with van der Waals surface area (Å²) in [6, 6.07) is 19.9. The van der Waals surface area contributed by atoms with Gasteiger partial charge in [0.1, 0.15) is 5.75 Å². The number of aryl methyl sites for hydroxylation is 2. The first-order valence-corrected chi connectivity index (χ1v) is 12.1. The van der Waals surface area contributed by atoms with Gasteiger partial charge in [-0.1, -0.05) is 29.8 Å². The molecule has 0 bridgehead atoms. The summed E-state index contributed by atoms with van der Waals surface area (Å²) in [6.07, 6.45) is 3.50. The van der Waals surface area contributed by atoms with E-state index in [4.69, 9.17) is 16.3 Å². The Kier molecular flexibility index (Phi) is 6.48. The molecule has 1 aromatic heterocycles. The zero-order valence-electron chi connectivity index (χ0n) is 19.9. The highest BCUT2D eigenvalue weighted by atomic mass is 35.5. The lowest BCUT2D eigenvalue weighted by atomic mass is 10.1. The summed E-state index contributed by atoms with van der Waals surface area (Å²) >= 11 is 6.15. The zero-order valence-corrected chi connectivity index (χ0v) is 20.7. The molecule has 1 aliphatic carbocycles. The first-order valence-electron chi connectivity index (χ1n) is 11.7. The van der Waals surface area contributed by atoms with Crippen LogP contribution in [0.1, 0.15) is 34.3 Å². The molecule has 3 aromatic carbocycles. The fourth-order valence-electron chi connectivity index (χ4n) is 3.71. The molecule has 2 N–H and O–H groups in total. The van der Waals surface area contributed by atoms with Gasteiger partial charge in [0, 0.05) is 22.3 Å². The Balaban J connectivity index is 1.54. The van der Waals surface area contributed by atoms with Crippen molar-refractivity contribution in [1.29, 1.82) is 0 Å². The molecule has 5 rings (SSSR count). The third-order valence-corrected chi connectivity index (χ3v) is 6.24. The average Bonchev–Trinajstić information content (AvgIpc) is 3.68. The predicted octanol–water partition coefficient (Wildman–Crippen LogP) is 5.93. The second-order valence-corrected chi connectivity index (χ2v) is 9.32. The van der Waals surface area contributed by atoms with Gasteiger partial charge in [0.15, 0.2) is 11.4 Å². The number of halogens is 1. The molecule has 0 spiro atoms. The van der Waals surface area contributed by atoms with Gasteiger partial charge < -0.3 is 15.4 Å². The molecule has 1 fully saturated rings. The molecular formula is C28H25ClN4O3. The van der Waals surface area contributed by atoms with E-state index in [1.165, 1.54) is 10.9 Å². The molecule has 36 heavy (non-hydrogen) atoms. The topological polar surface area (TPSA) is 85.2 Å². The molecular weight excluding hydrogens is 476 g/mol. The zero-order chi connectivity index (χ0) is 25.2. The van der Waals surface area contributed by atoms with Crippen LogP contribution in [0.3, 0.4) is 0 Å². The number of nitrogens with one attached hydrogen (secondary N) is 2. The van der Waals surface area contributed by atoms with E-state index < -0.39 is 5.56 Å². The lowest BCUT2D eigenvalue weighted by Crippen LogP contribution is -2.25. The summed E-state index contributed by atoms with van der Waals surface area (Å²) in [4.78, 5) is 26.2. The second kappa shape index (κ2) is 9.87. The number of rotatable bonds is 7. The van der Waals surface area contributed by atoms with Crippen LogP contribution in [-0.4, -0.2) is 21.7 Å². The van der Waals surface area contributed by atoms with E-state index in [0.29, 0.717) is 27.7 Å². The molecule has 8 heteroatoms. The van der Waals surface area contributed by atoms with Crippen molar-refractivity contribution in [2.75, 3.05) is 5.32 Å². The molecule has 182 valence electrons. The number of nitrogens with zero attached hydrogens (tertiary/aromatic N) is 2. The van der Waals surface area contributed by atoms with Crippen molar-refractivity contribution >= 4 is 28.9 Å². The lowest BCUT2D eigenvalue weighted by Gasteiger charge is -2.15. The Morgan fingerprint density at radius 3 is 2.58 bits per heavy atom. The Morgan fingerprint density at radius 2 is 1.83 bits per heavy atom. The van der Waals surface area contributed by atoms with E-state index in [0.717, 1.165) is 24.0 Å². The van der Waals surface area contributed by atoms with Gasteiger partial charge >= 0.3 is 0 Å². The molecule has 1 saturated carbocycles. The van der Waals surface area contributed by atoms with E-state index >= 15 is 0 Å². The standard InChI is InChI=1S/C28H25ClN4O3/c1-17-9-12-24(13-18(17)2)36-25-16-30-33(23-8-4-6-20(29)15-23)28(35)26(25)31-22-7-3-5-19(14-22)27(34)32-21-10-11-21/h3-9,12-16,21,31H,10-11H2,1-2H3,(H,32,34). The van der Waals surface area contributed by atoms with Crippen LogP contribution < -0.4 is 20.9 Å². The van der Waals surface area contributed by atoms with E-state index in [9.17, 15) is 9.59 Å². The van der Waals surface area contributed by atoms with Gasteiger partial charge in [-0.05, 0) is 86.3 Å². The van der Waals surface area contributed by atoms with Crippen LogP contribution in [0, 0.1) is 13.8 Å². The Morgan fingerprint density at radius 1 is 1.03 bits per heavy atom. The summed E-state index contributed by atoms with van der Waals surface area (Å²) in [5.74, 6) is 0.702. The van der Waals surface area contributed by atoms with Crippen LogP contribution >= 0.6 is 11.6 Å². The Labute approximate surface area is 213 Å². The summed E-state index contributed by atoms with van der Waals surface area (Å²) in [6.45, 7) is 4.01. The van der Waals surface area contributed by atoms with Crippen molar-refractivity contribution in [3.05, 3.63) is 105 Å². The molecule has 1 heterocycles. The lowest BCUT2D eigenvalue weighted by molar-refractivity contribution is 0.0951. The van der Waals surface area contributed by atoms with Crippen LogP contribution in [0.25, 0.3) is 5.69 Å². The summed E-state index contributed by atoms with van der Waals surface area (Å²) in [5, 5.41) is 11.0. The Hall–Kier alpha value is -4.10. The monoisotopic (exact) mass is 500 g/mol. The highest BCUT2D eigenvalue weighted by Crippen LogP contribution is 2.30. The van der Waals surface area contributed by atoms with Crippen LogP contribution in [-0.2, 0) is 0 Å². The average molecular weight is 501 g/mol. The van der Waals surface area contributed by atoms with Crippen molar-refractivity contribution < 1.29 is 9.53 Å². The maximum atomic E-state index is 13.6. The highest BCUT2D eigenvalue weighted by molar-refractivity contribution is 6.30. The number of anilines is 2. The van der Waals surface area contributed by atoms with Gasteiger partial charge in [0.2, 0.25) is 0 Å². The third kappa shape index (κ3) is 5.26. The quantitative estimate of drug-likeness (QED) is 0.328. The largest absolute Gasteiger partial charge is 0.453 e. The molecule has 0 radical (unpaired) electrons. The minimum absolute atomic E-state index is 0.140. The summed E-state index contributed by atoms with van der Waals surface area (Å²) < 4.78 is 7.36. The van der Waals surface area contributed by atoms with Crippen LogP contribution in [0.2, 0.25) is 5.02 Å². The molecule has 0 unspecified atom stereocenters. The molecule has 7 nitrogen and oxygen atoms in total. The van der Waals surface area contributed by atoms with E-state index in [2.05, 4.69) is 15.7 Å². The van der Waals surface area contributed by atoms with Gasteiger partial charge in [0.05, 0.1) is 11.9 Å². The second-order valence-electron chi connectivity index (χ2n) is 8.88. The molecule has 0 atom stereocenters. The number of benzene rings is 3. The van der Waals surface area contributed by atoms with Crippen molar-refractivity contribution in [1.82, 2.24) is 15.1 Å². The van der Waals surface area contributed by atoms with Crippen LogP contribution in [0.4, 0.5) is 11.4 Å². The smallest absolute Gasteiger partial charge is 0.299 e. The van der Waals surface area contributed by atoms with E-state index in [1.807, 2.05) is 32.0 Å². The first kappa shape index (κ1) is 23.6. The molecule has 1 aliphatic rings. The summed E-state index contributed by atoms with van der Waals surface area (Å²) in [7, 11) is 0. The first-order chi connectivity index (χ1) is 17.4. The number of carbonyl (C=O) groups excluding carboxylic acids is 1. The molecule has 0 saturated heterocycles. The number of hydrogen-bond donors (Lipinski definition) is 2. The Bertz CT molecular complexity index is 1510. The van der Waals surface area contributed by atoms with Crippen LogP contribution in [0.5, 0.6) is 11.5 Å². The van der Waals surface area contributed by atoms with Crippen molar-refractivity contribution in [2.24, 2.45) is 0 Å². The van der Waals surface area contributed by atoms with Gasteiger partial charge in [-0.3, -0.25) is 9.59 Å². The van der Waals surface area contributed by atoms with Gasteiger partial charge in [-0.2, -0.15) is 9.78 Å². The van der Waals surface area contributed by atoms with E-state index in [-0.39, 0.29) is 23.4 Å². The minimum Gasteiger partial charge on any atom is -0.453 e. The van der Waals surface area contributed by atoms with Crippen molar-refractivity contribution in [2.45, 2.75) is 32.7 Å². The third-order valence-electron chi connectivity index (χ3n) is 6.01. The number of hydrogen-bond acceptors (Lipinski definition) is 5. The summed E-state index contributed by atoms with van der Waals surface area (Å²) in [5.41, 5.74) is 3.56. The number of amides is 1. The number of ether oxygens (including phenoxy) is 1. The fourth-order valence-corrected chi connectivity index (χ4v) is 3.89. The number of carbonyl (C=O) groups is 1. The highest BCUT2D eigenvalue weighted by Gasteiger charge is 2.24. The number of aromatic nitrogens is 2. The van der Waals surface area contributed by atoms with Crippen molar-refractivity contribution in [3.63, 3.8) is 0 Å². The maximum absolute atomic E-state index is 13.6. The van der Waals surface area contributed by atoms with Gasteiger partial charge in [-0.15, -0.1) is 0 Å². The van der Waals surface area contributed by atoms with Gasteiger partial charge in [0.25, 0.3) is 11.5 Å². The SMILES string of the molecule is Cc1ccc(Oc2cnn(-c3cccc(Cl)c3)c(=O)c2Nc2cccc(C(=O)NC3CC3)c2)cc1C. The predicted molar refractivity (Wildman–Crippen MR) is 141 cm³/mol. The normalized spacial score (nSPS) is 12.8. The van der Waals surface area contributed by atoms with Crippen molar-refractivity contribution in [3.8, 4) is 17.2 Å². The van der Waals surface area contributed by atoms with Crippen LogP contribution in [0.15, 0.2) is 77.7 Å². The molecule has 1 amide bonds.